The van der Waals surface area contributed by atoms with E-state index in [-0.39, 0.29) is 18.9 Å². The van der Waals surface area contributed by atoms with Gasteiger partial charge < -0.3 is 33.7 Å². The zero-order valence-corrected chi connectivity index (χ0v) is 16.3. The second-order valence-electron chi connectivity index (χ2n) is 5.95. The highest BCUT2D eigenvalue weighted by Crippen LogP contribution is 2.38. The third-order valence-electron chi connectivity index (χ3n) is 4.16. The number of rotatable bonds is 8. The van der Waals surface area contributed by atoms with Gasteiger partial charge in [0.1, 0.15) is 0 Å². The Morgan fingerprint density at radius 3 is 2.31 bits per heavy atom. The van der Waals surface area contributed by atoms with E-state index in [1.54, 1.807) is 12.1 Å². The zero-order valence-electron chi connectivity index (χ0n) is 16.3. The van der Waals surface area contributed by atoms with Gasteiger partial charge in [-0.05, 0) is 29.8 Å². The normalized spacial score (nSPS) is 11.6. The average molecular weight is 403 g/mol. The molecule has 1 heterocycles. The fourth-order valence-electron chi connectivity index (χ4n) is 2.72. The molecule has 0 fully saturated rings. The van der Waals surface area contributed by atoms with Crippen molar-refractivity contribution >= 4 is 11.9 Å². The Morgan fingerprint density at radius 2 is 1.66 bits per heavy atom. The highest BCUT2D eigenvalue weighted by Gasteiger charge is 2.19. The molecule has 2 aromatic rings. The number of esters is 1. The van der Waals surface area contributed by atoms with Crippen LogP contribution >= 0.6 is 0 Å². The molecule has 0 radical (unpaired) electrons. The van der Waals surface area contributed by atoms with Gasteiger partial charge in [-0.3, -0.25) is 4.79 Å². The molecule has 29 heavy (non-hydrogen) atoms. The second kappa shape index (κ2) is 9.05. The number of carbonyl (C=O) groups is 2. The number of methoxy groups -OCH3 is 3. The first-order chi connectivity index (χ1) is 14.0. The maximum atomic E-state index is 12.3. The van der Waals surface area contributed by atoms with E-state index in [1.807, 2.05) is 6.07 Å². The highest BCUT2D eigenvalue weighted by atomic mass is 16.7. The number of ether oxygens (including phenoxy) is 6. The number of amides is 1. The Hall–Kier alpha value is -3.62. The molecular formula is C20H21NO8. The number of carbonyl (C=O) groups excluding carboxylic acids is 2. The summed E-state index contributed by atoms with van der Waals surface area (Å²) in [5.74, 6) is 1.14. The van der Waals surface area contributed by atoms with Crippen LogP contribution in [0.15, 0.2) is 30.3 Å². The Labute approximate surface area is 167 Å². The first-order valence-corrected chi connectivity index (χ1v) is 8.68. The fraction of sp³-hybridized carbons (Fsp3) is 0.300. The number of nitrogens with one attached hydrogen (secondary N) is 1. The molecule has 1 aliphatic heterocycles. The topological polar surface area (TPSA) is 102 Å². The summed E-state index contributed by atoms with van der Waals surface area (Å²) in [5, 5.41) is 2.68. The third-order valence-corrected chi connectivity index (χ3v) is 4.16. The number of benzene rings is 2. The van der Waals surface area contributed by atoms with E-state index in [4.69, 9.17) is 28.4 Å². The van der Waals surface area contributed by atoms with Gasteiger partial charge in [0, 0.05) is 6.54 Å². The molecule has 3 rings (SSSR count). The van der Waals surface area contributed by atoms with Gasteiger partial charge in [-0.2, -0.15) is 0 Å². The van der Waals surface area contributed by atoms with Crippen LogP contribution in [0.25, 0.3) is 0 Å². The van der Waals surface area contributed by atoms with Gasteiger partial charge in [-0.25, -0.2) is 4.79 Å². The monoisotopic (exact) mass is 403 g/mol. The van der Waals surface area contributed by atoms with E-state index in [2.05, 4.69) is 5.32 Å². The molecule has 1 N–H and O–H groups in total. The lowest BCUT2D eigenvalue weighted by Crippen LogP contribution is -2.28. The standard InChI is InChI=1S/C20H21NO8/c1-24-16-7-13(8-17(25-2)19(16)26-3)20(23)27-10-18(22)21-9-12-4-5-14-15(6-12)29-11-28-14/h4-8H,9-11H2,1-3H3,(H,21,22). The van der Waals surface area contributed by atoms with Crippen molar-refractivity contribution in [2.45, 2.75) is 6.54 Å². The first kappa shape index (κ1) is 20.1. The summed E-state index contributed by atoms with van der Waals surface area (Å²) in [6, 6.07) is 8.27. The third kappa shape index (κ3) is 4.63. The van der Waals surface area contributed by atoms with Crippen molar-refractivity contribution in [3.63, 3.8) is 0 Å². The van der Waals surface area contributed by atoms with Crippen LogP contribution in [-0.4, -0.2) is 46.6 Å². The van der Waals surface area contributed by atoms with Gasteiger partial charge in [0.25, 0.3) is 5.91 Å². The minimum absolute atomic E-state index is 0.170. The molecule has 0 saturated carbocycles. The Morgan fingerprint density at radius 1 is 0.966 bits per heavy atom. The van der Waals surface area contributed by atoms with Crippen molar-refractivity contribution in [3.8, 4) is 28.7 Å². The van der Waals surface area contributed by atoms with Gasteiger partial charge in [-0.15, -0.1) is 0 Å². The van der Waals surface area contributed by atoms with Crippen LogP contribution in [-0.2, 0) is 16.1 Å². The van der Waals surface area contributed by atoms with Crippen molar-refractivity contribution in [2.75, 3.05) is 34.7 Å². The molecule has 0 unspecified atom stereocenters. The van der Waals surface area contributed by atoms with Gasteiger partial charge in [-0.1, -0.05) is 6.07 Å². The van der Waals surface area contributed by atoms with E-state index < -0.39 is 18.5 Å². The predicted octanol–water partition coefficient (Wildman–Crippen LogP) is 1.91. The van der Waals surface area contributed by atoms with Crippen molar-refractivity contribution in [1.82, 2.24) is 5.32 Å². The smallest absolute Gasteiger partial charge is 0.338 e. The van der Waals surface area contributed by atoms with Crippen LogP contribution in [0.4, 0.5) is 0 Å². The molecule has 9 nitrogen and oxygen atoms in total. The second-order valence-corrected chi connectivity index (χ2v) is 5.95. The van der Waals surface area contributed by atoms with E-state index >= 15 is 0 Å². The SMILES string of the molecule is COc1cc(C(=O)OCC(=O)NCc2ccc3c(c2)OCO3)cc(OC)c1OC. The number of hydrogen-bond donors (Lipinski definition) is 1. The Kier molecular flexibility index (Phi) is 6.28. The Balaban J connectivity index is 1.55. The molecule has 2 aromatic carbocycles. The summed E-state index contributed by atoms with van der Waals surface area (Å²) in [7, 11) is 4.34. The van der Waals surface area contributed by atoms with Crippen molar-refractivity contribution in [3.05, 3.63) is 41.5 Å². The summed E-state index contributed by atoms with van der Waals surface area (Å²) in [6.45, 7) is 0.0132. The lowest BCUT2D eigenvalue weighted by Gasteiger charge is -2.13. The summed E-state index contributed by atoms with van der Waals surface area (Å²) in [4.78, 5) is 24.3. The maximum Gasteiger partial charge on any atom is 0.338 e. The molecule has 0 bridgehead atoms. The lowest BCUT2D eigenvalue weighted by atomic mass is 10.2. The molecule has 0 spiro atoms. The molecule has 9 heteroatoms. The lowest BCUT2D eigenvalue weighted by molar-refractivity contribution is -0.124. The van der Waals surface area contributed by atoms with E-state index in [9.17, 15) is 9.59 Å². The average Bonchev–Trinajstić information content (AvgIpc) is 3.22. The van der Waals surface area contributed by atoms with Gasteiger partial charge in [0.15, 0.2) is 29.6 Å². The van der Waals surface area contributed by atoms with Crippen LogP contribution in [0.1, 0.15) is 15.9 Å². The van der Waals surface area contributed by atoms with Crippen LogP contribution < -0.4 is 29.0 Å². The van der Waals surface area contributed by atoms with Gasteiger partial charge >= 0.3 is 5.97 Å². The zero-order chi connectivity index (χ0) is 20.8. The number of hydrogen-bond acceptors (Lipinski definition) is 8. The predicted molar refractivity (Wildman–Crippen MR) is 101 cm³/mol. The summed E-state index contributed by atoms with van der Waals surface area (Å²) < 4.78 is 31.2. The van der Waals surface area contributed by atoms with E-state index in [0.29, 0.717) is 28.7 Å². The first-order valence-electron chi connectivity index (χ1n) is 8.68. The van der Waals surface area contributed by atoms with Crippen LogP contribution in [0.2, 0.25) is 0 Å². The fourth-order valence-corrected chi connectivity index (χ4v) is 2.72. The number of fused-ring (bicyclic) bond motifs is 1. The van der Waals surface area contributed by atoms with Crippen molar-refractivity contribution < 1.29 is 38.0 Å². The molecule has 0 aliphatic carbocycles. The quantitative estimate of drug-likeness (QED) is 0.667. The molecule has 0 atom stereocenters. The highest BCUT2D eigenvalue weighted by molar-refractivity contribution is 5.92. The minimum atomic E-state index is -0.692. The van der Waals surface area contributed by atoms with Crippen molar-refractivity contribution in [2.24, 2.45) is 0 Å². The summed E-state index contributed by atoms with van der Waals surface area (Å²) in [5.41, 5.74) is 1.00. The van der Waals surface area contributed by atoms with Crippen LogP contribution in [0.3, 0.4) is 0 Å². The maximum absolute atomic E-state index is 12.3. The minimum Gasteiger partial charge on any atom is -0.493 e. The molecule has 0 saturated heterocycles. The van der Waals surface area contributed by atoms with Crippen molar-refractivity contribution in [1.29, 1.82) is 0 Å². The van der Waals surface area contributed by atoms with E-state index in [0.717, 1.165) is 5.56 Å². The summed E-state index contributed by atoms with van der Waals surface area (Å²) in [6.07, 6.45) is 0. The Bertz CT molecular complexity index is 886. The van der Waals surface area contributed by atoms with Crippen LogP contribution in [0.5, 0.6) is 28.7 Å². The van der Waals surface area contributed by atoms with Gasteiger partial charge in [0.2, 0.25) is 12.5 Å². The molecule has 154 valence electrons. The molecule has 1 amide bonds. The molecule has 0 aromatic heterocycles. The molecule has 1 aliphatic rings. The summed E-state index contributed by atoms with van der Waals surface area (Å²) >= 11 is 0. The largest absolute Gasteiger partial charge is 0.493 e. The molecular weight excluding hydrogens is 382 g/mol. The van der Waals surface area contributed by atoms with E-state index in [1.165, 1.54) is 33.5 Å². The van der Waals surface area contributed by atoms with Gasteiger partial charge in [0.05, 0.1) is 26.9 Å². The van der Waals surface area contributed by atoms with Crippen LogP contribution in [0, 0.1) is 0 Å².